The van der Waals surface area contributed by atoms with Gasteiger partial charge in [-0.2, -0.15) is 0 Å². The number of thiocarbonyl (C=S) groups is 1. The van der Waals surface area contributed by atoms with E-state index in [0.29, 0.717) is 5.69 Å². The van der Waals surface area contributed by atoms with Gasteiger partial charge in [-0.05, 0) is 61.4 Å². The SMILES string of the molecule is Cc1ccc(NS(=O)(=O)c2ccc(NC=S)cc2)cc1C. The first-order valence-corrected chi connectivity index (χ1v) is 8.28. The average Bonchev–Trinajstić information content (AvgIpc) is 2.44. The van der Waals surface area contributed by atoms with Crippen molar-refractivity contribution in [1.82, 2.24) is 0 Å². The van der Waals surface area contributed by atoms with E-state index in [1.54, 1.807) is 18.2 Å². The van der Waals surface area contributed by atoms with Crippen LogP contribution in [0.25, 0.3) is 0 Å². The molecule has 6 heteroatoms. The molecule has 0 unspecified atom stereocenters. The van der Waals surface area contributed by atoms with Gasteiger partial charge in [0.25, 0.3) is 10.0 Å². The Labute approximate surface area is 130 Å². The van der Waals surface area contributed by atoms with Gasteiger partial charge in [-0.1, -0.05) is 18.3 Å². The molecule has 2 aromatic carbocycles. The molecule has 0 aliphatic carbocycles. The van der Waals surface area contributed by atoms with Crippen molar-refractivity contribution < 1.29 is 8.42 Å². The molecule has 21 heavy (non-hydrogen) atoms. The summed E-state index contributed by atoms with van der Waals surface area (Å²) >= 11 is 4.68. The quantitative estimate of drug-likeness (QED) is 0.828. The van der Waals surface area contributed by atoms with Gasteiger partial charge in [0.05, 0.1) is 10.4 Å². The van der Waals surface area contributed by atoms with Crippen LogP contribution in [0.15, 0.2) is 47.4 Å². The third kappa shape index (κ3) is 3.80. The summed E-state index contributed by atoms with van der Waals surface area (Å²) in [7, 11) is -3.59. The fourth-order valence-electron chi connectivity index (χ4n) is 1.82. The topological polar surface area (TPSA) is 58.2 Å². The molecule has 0 saturated carbocycles. The molecule has 2 aromatic rings. The van der Waals surface area contributed by atoms with Crippen LogP contribution in [0.3, 0.4) is 0 Å². The predicted molar refractivity (Wildman–Crippen MR) is 90.4 cm³/mol. The van der Waals surface area contributed by atoms with Crippen molar-refractivity contribution in [3.63, 3.8) is 0 Å². The Morgan fingerprint density at radius 1 is 0.952 bits per heavy atom. The second-order valence-corrected chi connectivity index (χ2v) is 6.61. The van der Waals surface area contributed by atoms with Crippen molar-refractivity contribution in [2.45, 2.75) is 18.7 Å². The van der Waals surface area contributed by atoms with Crippen LogP contribution in [0.2, 0.25) is 0 Å². The summed E-state index contributed by atoms with van der Waals surface area (Å²) in [6.07, 6.45) is 0. The summed E-state index contributed by atoms with van der Waals surface area (Å²) in [5.74, 6) is 0. The van der Waals surface area contributed by atoms with E-state index >= 15 is 0 Å². The average molecular weight is 320 g/mol. The van der Waals surface area contributed by atoms with Crippen molar-refractivity contribution in [3.05, 3.63) is 53.6 Å². The van der Waals surface area contributed by atoms with Crippen molar-refractivity contribution in [1.29, 1.82) is 0 Å². The smallest absolute Gasteiger partial charge is 0.261 e. The molecule has 0 aromatic heterocycles. The van der Waals surface area contributed by atoms with Gasteiger partial charge < -0.3 is 5.32 Å². The Balaban J connectivity index is 2.24. The zero-order valence-corrected chi connectivity index (χ0v) is 13.4. The number of aryl methyl sites for hydroxylation is 2. The minimum Gasteiger partial charge on any atom is -0.353 e. The Kier molecular flexibility index (Phi) is 4.59. The lowest BCUT2D eigenvalue weighted by Crippen LogP contribution is -2.13. The molecule has 0 saturated heterocycles. The van der Waals surface area contributed by atoms with Crippen LogP contribution in [0.1, 0.15) is 11.1 Å². The molecular weight excluding hydrogens is 304 g/mol. The summed E-state index contributed by atoms with van der Waals surface area (Å²) < 4.78 is 27.2. The number of anilines is 2. The lowest BCUT2D eigenvalue weighted by atomic mass is 10.1. The maximum Gasteiger partial charge on any atom is 0.261 e. The molecular formula is C15H16N2O2S2. The van der Waals surface area contributed by atoms with Crippen LogP contribution in [-0.4, -0.2) is 13.9 Å². The van der Waals surface area contributed by atoms with Crippen LogP contribution in [0, 0.1) is 13.8 Å². The summed E-state index contributed by atoms with van der Waals surface area (Å²) in [6.45, 7) is 3.93. The van der Waals surface area contributed by atoms with Crippen molar-refractivity contribution in [2.75, 3.05) is 10.0 Å². The molecule has 0 aliphatic heterocycles. The maximum atomic E-state index is 12.3. The molecule has 0 fully saturated rings. The molecule has 0 radical (unpaired) electrons. The third-order valence-electron chi connectivity index (χ3n) is 3.15. The van der Waals surface area contributed by atoms with Gasteiger partial charge in [0.15, 0.2) is 0 Å². The fourth-order valence-corrected chi connectivity index (χ4v) is 3.00. The number of benzene rings is 2. The van der Waals surface area contributed by atoms with E-state index in [-0.39, 0.29) is 4.90 Å². The van der Waals surface area contributed by atoms with E-state index < -0.39 is 10.0 Å². The maximum absolute atomic E-state index is 12.3. The van der Waals surface area contributed by atoms with E-state index in [9.17, 15) is 8.42 Å². The summed E-state index contributed by atoms with van der Waals surface area (Å²) in [4.78, 5) is 0.204. The van der Waals surface area contributed by atoms with Gasteiger partial charge in [0, 0.05) is 11.4 Å². The Bertz CT molecular complexity index is 754. The van der Waals surface area contributed by atoms with Crippen LogP contribution in [0.5, 0.6) is 0 Å². The Morgan fingerprint density at radius 3 is 2.14 bits per heavy atom. The molecule has 0 spiro atoms. The highest BCUT2D eigenvalue weighted by molar-refractivity contribution is 7.92. The fraction of sp³-hybridized carbons (Fsp3) is 0.133. The lowest BCUT2D eigenvalue weighted by molar-refractivity contribution is 0.601. The van der Waals surface area contributed by atoms with E-state index in [0.717, 1.165) is 16.8 Å². The monoisotopic (exact) mass is 320 g/mol. The van der Waals surface area contributed by atoms with Crippen molar-refractivity contribution >= 4 is 39.1 Å². The number of hydrogen-bond acceptors (Lipinski definition) is 3. The van der Waals surface area contributed by atoms with Crippen LogP contribution >= 0.6 is 12.2 Å². The second-order valence-electron chi connectivity index (χ2n) is 4.69. The normalized spacial score (nSPS) is 11.0. The van der Waals surface area contributed by atoms with E-state index in [2.05, 4.69) is 22.3 Å². The molecule has 2 rings (SSSR count). The van der Waals surface area contributed by atoms with Crippen LogP contribution in [0.4, 0.5) is 11.4 Å². The largest absolute Gasteiger partial charge is 0.353 e. The summed E-state index contributed by atoms with van der Waals surface area (Å²) in [5.41, 5.74) is 4.83. The van der Waals surface area contributed by atoms with Gasteiger partial charge in [-0.15, -0.1) is 0 Å². The van der Waals surface area contributed by atoms with E-state index in [1.807, 2.05) is 26.0 Å². The first-order chi connectivity index (χ1) is 9.92. The minimum atomic E-state index is -3.59. The lowest BCUT2D eigenvalue weighted by Gasteiger charge is -2.10. The molecule has 0 amide bonds. The molecule has 0 aliphatic rings. The molecule has 0 atom stereocenters. The minimum absolute atomic E-state index is 0.204. The summed E-state index contributed by atoms with van der Waals surface area (Å²) in [5, 5.41) is 2.82. The molecule has 2 N–H and O–H groups in total. The van der Waals surface area contributed by atoms with E-state index in [1.165, 1.54) is 17.6 Å². The molecule has 4 nitrogen and oxygen atoms in total. The number of rotatable bonds is 5. The van der Waals surface area contributed by atoms with Gasteiger partial charge >= 0.3 is 0 Å². The zero-order chi connectivity index (χ0) is 15.5. The standard InChI is InChI=1S/C15H16N2O2S2/c1-11-3-4-14(9-12(11)2)17-21(18,19)15-7-5-13(6-8-15)16-10-20/h3-10,17H,1-2H3,(H,16,20). The number of nitrogens with one attached hydrogen (secondary N) is 2. The predicted octanol–water partition coefficient (Wildman–Crippen LogP) is 3.47. The summed E-state index contributed by atoms with van der Waals surface area (Å²) in [6, 6.07) is 11.8. The van der Waals surface area contributed by atoms with Gasteiger partial charge in [0.2, 0.25) is 0 Å². The highest BCUT2D eigenvalue weighted by Gasteiger charge is 2.14. The highest BCUT2D eigenvalue weighted by atomic mass is 32.2. The van der Waals surface area contributed by atoms with E-state index in [4.69, 9.17) is 0 Å². The Hall–Kier alpha value is -1.92. The zero-order valence-electron chi connectivity index (χ0n) is 11.8. The Morgan fingerprint density at radius 2 is 1.57 bits per heavy atom. The molecule has 110 valence electrons. The number of hydrogen-bond donors (Lipinski definition) is 2. The van der Waals surface area contributed by atoms with Gasteiger partial charge in [0.1, 0.15) is 0 Å². The van der Waals surface area contributed by atoms with Crippen molar-refractivity contribution in [2.24, 2.45) is 0 Å². The highest BCUT2D eigenvalue weighted by Crippen LogP contribution is 2.20. The first kappa shape index (κ1) is 15.5. The molecule has 0 bridgehead atoms. The van der Waals surface area contributed by atoms with Crippen molar-refractivity contribution in [3.8, 4) is 0 Å². The van der Waals surface area contributed by atoms with Gasteiger partial charge in [-0.3, -0.25) is 4.72 Å². The third-order valence-corrected chi connectivity index (χ3v) is 4.66. The number of sulfonamides is 1. The first-order valence-electron chi connectivity index (χ1n) is 6.33. The van der Waals surface area contributed by atoms with Gasteiger partial charge in [-0.25, -0.2) is 8.42 Å². The second kappa shape index (κ2) is 6.24. The van der Waals surface area contributed by atoms with Crippen LogP contribution < -0.4 is 10.0 Å². The molecule has 0 heterocycles. The van der Waals surface area contributed by atoms with Crippen LogP contribution in [-0.2, 0) is 10.0 Å².